The fourth-order valence-electron chi connectivity index (χ4n) is 3.60. The number of carbonyl (C=O) groups excluding carboxylic acids is 1. The van der Waals surface area contributed by atoms with Gasteiger partial charge in [0.15, 0.2) is 5.88 Å². The van der Waals surface area contributed by atoms with Gasteiger partial charge in [0.1, 0.15) is 12.1 Å². The standard InChI is InChI=1S/C24H18N4O3/c1-31-16-8-6-15(7-9-16)23(29)27-19-3-2-4-20-22(19)17(24(30)28-20)11-14-5-10-18-21(12-14)26-13-25-18/h2-13,28,30H,1H3,(H,27,29)/b14-11+. The van der Waals surface area contributed by atoms with Gasteiger partial charge >= 0.3 is 0 Å². The third-order valence-corrected chi connectivity index (χ3v) is 5.15. The highest BCUT2D eigenvalue weighted by Crippen LogP contribution is 2.34. The molecule has 7 heteroatoms. The van der Waals surface area contributed by atoms with Crippen LogP contribution in [0.3, 0.4) is 0 Å². The fourth-order valence-corrected chi connectivity index (χ4v) is 3.60. The first-order chi connectivity index (χ1) is 15.1. The smallest absolute Gasteiger partial charge is 0.255 e. The number of fused-ring (bicyclic) bond motifs is 2. The molecule has 1 aliphatic heterocycles. The number of H-pyrrole nitrogens is 1. The van der Waals surface area contributed by atoms with E-state index in [1.165, 1.54) is 6.34 Å². The van der Waals surface area contributed by atoms with Crippen molar-refractivity contribution in [1.82, 2.24) is 4.98 Å². The molecule has 3 aromatic carbocycles. The Morgan fingerprint density at radius 1 is 1.13 bits per heavy atom. The van der Waals surface area contributed by atoms with Crippen molar-refractivity contribution in [1.29, 1.82) is 0 Å². The molecular weight excluding hydrogens is 392 g/mol. The zero-order valence-electron chi connectivity index (χ0n) is 16.6. The number of amides is 1. The van der Waals surface area contributed by atoms with Gasteiger partial charge in [-0.05, 0) is 59.8 Å². The van der Waals surface area contributed by atoms with E-state index in [1.807, 2.05) is 36.4 Å². The SMILES string of the molecule is COc1ccc(C(=O)Nc2cccc3[nH]c(O)c(/C=c4\ccc5c(c4)N=CN=5)c23)cc1. The summed E-state index contributed by atoms with van der Waals surface area (Å²) in [5.41, 5.74) is 3.17. The number of aromatic nitrogens is 1. The molecule has 0 fully saturated rings. The second kappa shape index (κ2) is 7.46. The van der Waals surface area contributed by atoms with Crippen LogP contribution in [0.25, 0.3) is 17.0 Å². The van der Waals surface area contributed by atoms with E-state index in [4.69, 9.17) is 4.74 Å². The van der Waals surface area contributed by atoms with Gasteiger partial charge in [0.25, 0.3) is 5.91 Å². The van der Waals surface area contributed by atoms with E-state index < -0.39 is 0 Å². The van der Waals surface area contributed by atoms with Gasteiger partial charge < -0.3 is 20.1 Å². The Labute approximate surface area is 177 Å². The van der Waals surface area contributed by atoms with Crippen LogP contribution < -0.4 is 20.6 Å². The highest BCUT2D eigenvalue weighted by atomic mass is 16.5. The quantitative estimate of drug-likeness (QED) is 0.482. The predicted molar refractivity (Wildman–Crippen MR) is 120 cm³/mol. The van der Waals surface area contributed by atoms with E-state index in [-0.39, 0.29) is 11.8 Å². The third kappa shape index (κ3) is 3.42. The number of nitrogens with one attached hydrogen (secondary N) is 2. The fraction of sp³-hybridized carbons (Fsp3) is 0.0417. The molecule has 1 aliphatic rings. The molecule has 0 spiro atoms. The van der Waals surface area contributed by atoms with Crippen LogP contribution in [0.1, 0.15) is 15.9 Å². The van der Waals surface area contributed by atoms with Gasteiger partial charge in [-0.3, -0.25) is 4.79 Å². The maximum Gasteiger partial charge on any atom is 0.255 e. The molecule has 0 saturated heterocycles. The molecule has 0 saturated carbocycles. The van der Waals surface area contributed by atoms with Crippen LogP contribution in [-0.4, -0.2) is 29.4 Å². The molecule has 31 heavy (non-hydrogen) atoms. The first-order valence-corrected chi connectivity index (χ1v) is 9.63. The van der Waals surface area contributed by atoms with Crippen molar-refractivity contribution in [2.75, 3.05) is 12.4 Å². The number of benzene rings is 3. The summed E-state index contributed by atoms with van der Waals surface area (Å²) in [5.74, 6) is 0.447. The van der Waals surface area contributed by atoms with Gasteiger partial charge in [0.2, 0.25) is 0 Å². The average molecular weight is 410 g/mol. The number of methoxy groups -OCH3 is 1. The molecule has 2 heterocycles. The first kappa shape index (κ1) is 18.6. The van der Waals surface area contributed by atoms with E-state index >= 15 is 0 Å². The number of anilines is 1. The maximum absolute atomic E-state index is 12.8. The van der Waals surface area contributed by atoms with Gasteiger partial charge in [-0.25, -0.2) is 9.98 Å². The minimum absolute atomic E-state index is 0.0230. The Bertz CT molecular complexity index is 1470. The molecule has 5 rings (SSSR count). The summed E-state index contributed by atoms with van der Waals surface area (Å²) in [4.78, 5) is 24.2. The summed E-state index contributed by atoms with van der Waals surface area (Å²) >= 11 is 0. The minimum atomic E-state index is -0.254. The van der Waals surface area contributed by atoms with E-state index in [9.17, 15) is 9.90 Å². The van der Waals surface area contributed by atoms with Crippen molar-refractivity contribution in [2.24, 2.45) is 9.98 Å². The molecule has 0 radical (unpaired) electrons. The number of aliphatic imine (C=N–C) groups is 1. The van der Waals surface area contributed by atoms with Gasteiger partial charge in [-0.1, -0.05) is 12.1 Å². The maximum atomic E-state index is 12.8. The van der Waals surface area contributed by atoms with Gasteiger partial charge in [-0.15, -0.1) is 0 Å². The van der Waals surface area contributed by atoms with Crippen LogP contribution >= 0.6 is 0 Å². The summed E-state index contributed by atoms with van der Waals surface area (Å²) < 4.78 is 5.15. The van der Waals surface area contributed by atoms with Crippen LogP contribution in [0, 0.1) is 0 Å². The largest absolute Gasteiger partial charge is 0.497 e. The van der Waals surface area contributed by atoms with E-state index in [0.29, 0.717) is 28.1 Å². The van der Waals surface area contributed by atoms with E-state index in [2.05, 4.69) is 20.3 Å². The highest BCUT2D eigenvalue weighted by Gasteiger charge is 2.15. The molecule has 152 valence electrons. The molecule has 3 N–H and O–H groups in total. The lowest BCUT2D eigenvalue weighted by atomic mass is 10.1. The molecule has 0 aliphatic carbocycles. The average Bonchev–Trinajstić information content (AvgIpc) is 3.38. The van der Waals surface area contributed by atoms with Crippen molar-refractivity contribution < 1.29 is 14.6 Å². The molecular formula is C24H18N4O3. The van der Waals surface area contributed by atoms with Crippen LogP contribution in [0.5, 0.6) is 11.6 Å². The van der Waals surface area contributed by atoms with Crippen LogP contribution in [-0.2, 0) is 0 Å². The number of ether oxygens (including phenoxy) is 1. The Balaban J connectivity index is 1.57. The Morgan fingerprint density at radius 2 is 1.97 bits per heavy atom. The van der Waals surface area contributed by atoms with Gasteiger partial charge in [0, 0.05) is 16.5 Å². The lowest BCUT2D eigenvalue weighted by Gasteiger charge is -2.08. The Morgan fingerprint density at radius 3 is 2.77 bits per heavy atom. The van der Waals surface area contributed by atoms with E-state index in [1.54, 1.807) is 37.4 Å². The third-order valence-electron chi connectivity index (χ3n) is 5.15. The van der Waals surface area contributed by atoms with E-state index in [0.717, 1.165) is 21.6 Å². The molecule has 4 aromatic rings. The molecule has 7 nitrogen and oxygen atoms in total. The second-order valence-corrected chi connectivity index (χ2v) is 7.06. The normalized spacial score (nSPS) is 12.6. The van der Waals surface area contributed by atoms with Gasteiger partial charge in [-0.2, -0.15) is 0 Å². The molecule has 1 amide bonds. The highest BCUT2D eigenvalue weighted by molar-refractivity contribution is 6.11. The lowest BCUT2D eigenvalue weighted by Crippen LogP contribution is -2.12. The minimum Gasteiger partial charge on any atom is -0.497 e. The lowest BCUT2D eigenvalue weighted by molar-refractivity contribution is 0.102. The number of carbonyl (C=O) groups is 1. The Hall–Kier alpha value is -4.39. The molecule has 0 atom stereocenters. The number of aromatic amines is 1. The number of hydrogen-bond acceptors (Lipinski definition) is 5. The molecule has 1 aromatic heterocycles. The second-order valence-electron chi connectivity index (χ2n) is 7.06. The zero-order valence-corrected chi connectivity index (χ0v) is 16.6. The summed E-state index contributed by atoms with van der Waals surface area (Å²) in [5, 5.41) is 15.9. The van der Waals surface area contributed by atoms with Crippen molar-refractivity contribution in [3.63, 3.8) is 0 Å². The van der Waals surface area contributed by atoms with Crippen molar-refractivity contribution >= 4 is 40.6 Å². The predicted octanol–water partition coefficient (Wildman–Crippen LogP) is 3.26. The summed E-state index contributed by atoms with van der Waals surface area (Å²) in [6, 6.07) is 18.0. The summed E-state index contributed by atoms with van der Waals surface area (Å²) in [6.45, 7) is 0. The Kier molecular flexibility index (Phi) is 4.48. The van der Waals surface area contributed by atoms with Crippen LogP contribution in [0.2, 0.25) is 0 Å². The number of rotatable bonds is 4. The molecule has 0 bridgehead atoms. The monoisotopic (exact) mass is 410 g/mol. The number of nitrogens with zero attached hydrogens (tertiary/aromatic N) is 2. The number of hydrogen-bond donors (Lipinski definition) is 3. The van der Waals surface area contributed by atoms with Crippen molar-refractivity contribution in [2.45, 2.75) is 0 Å². The van der Waals surface area contributed by atoms with Crippen LogP contribution in [0.4, 0.5) is 11.4 Å². The van der Waals surface area contributed by atoms with Crippen molar-refractivity contribution in [3.8, 4) is 11.6 Å². The first-order valence-electron chi connectivity index (χ1n) is 9.63. The topological polar surface area (TPSA) is 99.1 Å². The molecule has 0 unspecified atom stereocenters. The summed E-state index contributed by atoms with van der Waals surface area (Å²) in [7, 11) is 1.58. The van der Waals surface area contributed by atoms with Gasteiger partial charge in [0.05, 0.1) is 29.4 Å². The zero-order chi connectivity index (χ0) is 21.4. The van der Waals surface area contributed by atoms with Crippen molar-refractivity contribution in [3.05, 3.63) is 82.4 Å². The summed E-state index contributed by atoms with van der Waals surface area (Å²) in [6.07, 6.45) is 3.37. The van der Waals surface area contributed by atoms with Crippen LogP contribution in [0.15, 0.2) is 70.6 Å². The number of aromatic hydroxyl groups is 1.